The topological polar surface area (TPSA) is 116 Å². The predicted octanol–water partition coefficient (Wildman–Crippen LogP) is -0.591. The second-order valence-corrected chi connectivity index (χ2v) is 6.22. The fourth-order valence-corrected chi connectivity index (χ4v) is 2.17. The molecule has 2 N–H and O–H groups in total. The quantitative estimate of drug-likeness (QED) is 0.620. The van der Waals surface area contributed by atoms with E-state index in [9.17, 15) is 4.57 Å². The molecule has 0 bridgehead atoms. The molecule has 0 radical (unpaired) electrons. The Morgan fingerprint density at radius 1 is 0.696 bits per heavy atom. The molecule has 11 heteroatoms. The van der Waals surface area contributed by atoms with Crippen LogP contribution >= 0.6 is 7.60 Å². The fraction of sp³-hybridized carbons (Fsp3) is 1.00. The van der Waals surface area contributed by atoms with Crippen LogP contribution in [0.5, 0.6) is 0 Å². The molecular weight excluding hydrogens is 333 g/mol. The van der Waals surface area contributed by atoms with Gasteiger partial charge in [0.05, 0.1) is 66.1 Å². The minimum absolute atomic E-state index is 0.0753. The van der Waals surface area contributed by atoms with Crippen LogP contribution < -0.4 is 0 Å². The highest BCUT2D eigenvalue weighted by Gasteiger charge is 2.20. The van der Waals surface area contributed by atoms with Crippen LogP contribution in [0.2, 0.25) is 0 Å². The van der Waals surface area contributed by atoms with Gasteiger partial charge in [-0.25, -0.2) is 0 Å². The minimum Gasteiger partial charge on any atom is -0.377 e. The van der Waals surface area contributed by atoms with E-state index in [-0.39, 0.29) is 26.6 Å². The molecule has 0 spiro atoms. The summed E-state index contributed by atoms with van der Waals surface area (Å²) in [5, 5.41) is 1.08. The van der Waals surface area contributed by atoms with Crippen molar-refractivity contribution in [1.82, 2.24) is 5.06 Å². The zero-order chi connectivity index (χ0) is 16.8. The summed E-state index contributed by atoms with van der Waals surface area (Å²) < 4.78 is 37.5. The molecule has 1 saturated heterocycles. The second-order valence-electron chi connectivity index (χ2n) is 4.61. The van der Waals surface area contributed by atoms with Crippen LogP contribution in [0.15, 0.2) is 0 Å². The van der Waals surface area contributed by atoms with Gasteiger partial charge in [-0.05, 0) is 0 Å². The van der Waals surface area contributed by atoms with Gasteiger partial charge in [0.25, 0.3) is 0 Å². The van der Waals surface area contributed by atoms with Gasteiger partial charge in [-0.15, -0.1) is 0 Å². The van der Waals surface area contributed by atoms with E-state index in [1.807, 2.05) is 0 Å². The maximum absolute atomic E-state index is 11.1. The van der Waals surface area contributed by atoms with E-state index in [0.29, 0.717) is 46.2 Å². The lowest BCUT2D eigenvalue weighted by Crippen LogP contribution is -2.30. The van der Waals surface area contributed by atoms with E-state index in [1.165, 1.54) is 0 Å². The first kappa shape index (κ1) is 20.9. The number of hydrogen-bond acceptors (Lipinski definition) is 8. The van der Waals surface area contributed by atoms with Crippen molar-refractivity contribution < 1.29 is 42.9 Å². The molecule has 0 atom stereocenters. The Kier molecular flexibility index (Phi) is 12.0. The van der Waals surface area contributed by atoms with E-state index in [1.54, 1.807) is 0 Å². The number of ether oxygens (including phenoxy) is 5. The molecular formula is C12H26NO9P. The average Bonchev–Trinajstić information content (AvgIpc) is 2.47. The Morgan fingerprint density at radius 2 is 1.09 bits per heavy atom. The third-order valence-corrected chi connectivity index (χ3v) is 3.25. The lowest BCUT2D eigenvalue weighted by molar-refractivity contribution is -0.208. The van der Waals surface area contributed by atoms with Crippen LogP contribution in [-0.4, -0.2) is 93.9 Å². The highest BCUT2D eigenvalue weighted by atomic mass is 31.2. The highest BCUT2D eigenvalue weighted by molar-refractivity contribution is 7.51. The Balaban J connectivity index is 2.31. The monoisotopic (exact) mass is 359 g/mol. The Morgan fingerprint density at radius 3 is 1.52 bits per heavy atom. The zero-order valence-electron chi connectivity index (χ0n) is 13.1. The summed E-state index contributed by atoms with van der Waals surface area (Å²) in [7, 11) is -4.24. The molecule has 1 fully saturated rings. The van der Waals surface area contributed by atoms with E-state index in [2.05, 4.69) is 0 Å². The van der Waals surface area contributed by atoms with Gasteiger partial charge < -0.3 is 33.5 Å². The molecule has 0 aromatic rings. The second kappa shape index (κ2) is 13.2. The molecule has 1 rings (SSSR count). The molecule has 0 aliphatic carbocycles. The summed E-state index contributed by atoms with van der Waals surface area (Å²) in [5.41, 5.74) is 0. The van der Waals surface area contributed by atoms with Gasteiger partial charge in [0.1, 0.15) is 13.0 Å². The molecule has 0 aromatic heterocycles. The van der Waals surface area contributed by atoms with E-state index < -0.39 is 13.9 Å². The summed E-state index contributed by atoms with van der Waals surface area (Å²) >= 11 is 0. The fourth-order valence-electron chi connectivity index (χ4n) is 1.60. The first-order valence-corrected chi connectivity index (χ1v) is 9.19. The van der Waals surface area contributed by atoms with Crippen molar-refractivity contribution in [3.8, 4) is 0 Å². The van der Waals surface area contributed by atoms with Crippen molar-refractivity contribution in [1.29, 1.82) is 0 Å². The van der Waals surface area contributed by atoms with Crippen molar-refractivity contribution in [2.24, 2.45) is 0 Å². The first-order chi connectivity index (χ1) is 11.1. The van der Waals surface area contributed by atoms with Crippen LogP contribution in [0.3, 0.4) is 0 Å². The smallest absolute Gasteiger partial charge is 0.341 e. The standard InChI is InChI=1S/C12H26NO9P/c14-23(15,16)12-13-11-21-8-7-19-4-3-17-1-2-18-5-6-20-9-10-22-13/h1-12H2,(H2,14,15,16). The average molecular weight is 359 g/mol. The van der Waals surface area contributed by atoms with E-state index >= 15 is 0 Å². The summed E-state index contributed by atoms with van der Waals surface area (Å²) in [6.45, 7) is 3.73. The van der Waals surface area contributed by atoms with Gasteiger partial charge in [0.15, 0.2) is 0 Å². The molecule has 10 nitrogen and oxygen atoms in total. The molecule has 1 aliphatic rings. The molecule has 1 aliphatic heterocycles. The number of hydroxylamine groups is 2. The van der Waals surface area contributed by atoms with Gasteiger partial charge in [-0.3, -0.25) is 9.40 Å². The normalized spacial score (nSPS) is 23.0. The molecule has 1 heterocycles. The molecule has 23 heavy (non-hydrogen) atoms. The van der Waals surface area contributed by atoms with Gasteiger partial charge in [-0.1, -0.05) is 0 Å². The van der Waals surface area contributed by atoms with Crippen molar-refractivity contribution in [3.05, 3.63) is 0 Å². The highest BCUT2D eigenvalue weighted by Crippen LogP contribution is 2.35. The zero-order valence-corrected chi connectivity index (χ0v) is 14.0. The number of rotatable bonds is 2. The summed E-state index contributed by atoms with van der Waals surface area (Å²) in [4.78, 5) is 23.3. The molecule has 0 amide bonds. The lowest BCUT2D eigenvalue weighted by atomic mass is 10.7. The maximum atomic E-state index is 11.1. The summed E-state index contributed by atoms with van der Waals surface area (Å²) in [6.07, 6.45) is -0.551. The van der Waals surface area contributed by atoms with Crippen LogP contribution in [0.25, 0.3) is 0 Å². The van der Waals surface area contributed by atoms with Gasteiger partial charge in [-0.2, -0.15) is 5.06 Å². The molecule has 0 unspecified atom stereocenters. The number of hydrogen-bond donors (Lipinski definition) is 2. The summed E-state index contributed by atoms with van der Waals surface area (Å²) in [6, 6.07) is 0. The third-order valence-electron chi connectivity index (χ3n) is 2.57. The third kappa shape index (κ3) is 14.0. The molecule has 0 saturated carbocycles. The van der Waals surface area contributed by atoms with Crippen molar-refractivity contribution in [2.75, 3.05) is 79.1 Å². The molecule has 138 valence electrons. The van der Waals surface area contributed by atoms with Crippen molar-refractivity contribution >= 4 is 7.60 Å². The van der Waals surface area contributed by atoms with Gasteiger partial charge in [0.2, 0.25) is 0 Å². The minimum atomic E-state index is -4.24. The molecule has 0 aromatic carbocycles. The first-order valence-electron chi connectivity index (χ1n) is 7.39. The van der Waals surface area contributed by atoms with Gasteiger partial charge >= 0.3 is 7.60 Å². The lowest BCUT2D eigenvalue weighted by Gasteiger charge is -2.22. The summed E-state index contributed by atoms with van der Waals surface area (Å²) in [5.74, 6) is 0. The van der Waals surface area contributed by atoms with Crippen LogP contribution in [0.4, 0.5) is 0 Å². The Hall–Kier alpha value is -0.130. The predicted molar refractivity (Wildman–Crippen MR) is 78.8 cm³/mol. The Bertz CT molecular complexity index is 310. The largest absolute Gasteiger partial charge is 0.377 e. The van der Waals surface area contributed by atoms with Crippen LogP contribution in [0.1, 0.15) is 0 Å². The van der Waals surface area contributed by atoms with Crippen molar-refractivity contribution in [2.45, 2.75) is 0 Å². The van der Waals surface area contributed by atoms with Crippen LogP contribution in [-0.2, 0) is 33.1 Å². The maximum Gasteiger partial charge on any atom is 0.341 e. The number of nitrogens with zero attached hydrogens (tertiary/aromatic N) is 1. The van der Waals surface area contributed by atoms with E-state index in [4.69, 9.17) is 38.3 Å². The van der Waals surface area contributed by atoms with Gasteiger partial charge in [0, 0.05) is 0 Å². The SMILES string of the molecule is O=P(O)(O)CN1COCCOCCOCCOCCOCCO1. The van der Waals surface area contributed by atoms with E-state index in [0.717, 1.165) is 5.06 Å². The van der Waals surface area contributed by atoms with Crippen LogP contribution in [0, 0.1) is 0 Å². The van der Waals surface area contributed by atoms with Crippen molar-refractivity contribution in [3.63, 3.8) is 0 Å². The Labute approximate surface area is 135 Å².